The van der Waals surface area contributed by atoms with Crippen molar-refractivity contribution in [2.24, 2.45) is 16.9 Å². The van der Waals surface area contributed by atoms with Crippen molar-refractivity contribution in [2.75, 3.05) is 20.8 Å². The molecular formula is C17H21BrN2O5. The normalized spacial score (nSPS) is 18.0. The third kappa shape index (κ3) is 4.12. The number of ether oxygens (including phenoxy) is 3. The largest absolute Gasteiger partial charge is 0.493 e. The minimum absolute atomic E-state index is 0.248. The highest BCUT2D eigenvalue weighted by atomic mass is 79.9. The Hall–Kier alpha value is -2.09. The molecule has 0 N–H and O–H groups in total. The third-order valence-electron chi connectivity index (χ3n) is 3.93. The van der Waals surface area contributed by atoms with E-state index in [-0.39, 0.29) is 19.1 Å². The first-order chi connectivity index (χ1) is 11.9. The summed E-state index contributed by atoms with van der Waals surface area (Å²) in [4.78, 5) is 24.6. The number of benzene rings is 1. The van der Waals surface area contributed by atoms with Gasteiger partial charge in [-0.05, 0) is 40.5 Å². The number of rotatable bonds is 7. The molecule has 8 heteroatoms. The van der Waals surface area contributed by atoms with Crippen molar-refractivity contribution in [3.05, 3.63) is 23.8 Å². The van der Waals surface area contributed by atoms with Gasteiger partial charge < -0.3 is 14.2 Å². The Kier molecular flexibility index (Phi) is 6.41. The lowest BCUT2D eigenvalue weighted by atomic mass is 9.95. The van der Waals surface area contributed by atoms with E-state index < -0.39 is 17.8 Å². The second-order valence-corrected chi connectivity index (χ2v) is 6.34. The highest BCUT2D eigenvalue weighted by Gasteiger charge is 2.42. The summed E-state index contributed by atoms with van der Waals surface area (Å²) in [6, 6.07) is 5.39. The molecule has 1 aliphatic rings. The summed E-state index contributed by atoms with van der Waals surface area (Å²) < 4.78 is 15.9. The van der Waals surface area contributed by atoms with Crippen LogP contribution in [0.4, 0.5) is 0 Å². The number of hydrogen-bond donors (Lipinski definition) is 0. The van der Waals surface area contributed by atoms with Gasteiger partial charge in [0.15, 0.2) is 11.5 Å². The number of nitrogens with zero attached hydrogens (tertiary/aromatic N) is 2. The first-order valence-electron chi connectivity index (χ1n) is 7.85. The molecule has 0 fully saturated rings. The van der Waals surface area contributed by atoms with Crippen LogP contribution >= 0.6 is 15.9 Å². The molecule has 0 saturated heterocycles. The molecule has 1 aromatic rings. The lowest BCUT2D eigenvalue weighted by Gasteiger charge is -2.18. The molecule has 2 unspecified atom stereocenters. The van der Waals surface area contributed by atoms with Crippen LogP contribution in [0.15, 0.2) is 23.3 Å². The van der Waals surface area contributed by atoms with Crippen molar-refractivity contribution in [3.63, 3.8) is 0 Å². The Morgan fingerprint density at radius 3 is 2.60 bits per heavy atom. The zero-order valence-electron chi connectivity index (χ0n) is 14.6. The topological polar surface area (TPSA) is 77.4 Å². The highest BCUT2D eigenvalue weighted by molar-refractivity contribution is 9.18. The molecule has 1 amide bonds. The predicted molar refractivity (Wildman–Crippen MR) is 95.7 cm³/mol. The van der Waals surface area contributed by atoms with Gasteiger partial charge in [-0.1, -0.05) is 13.0 Å². The predicted octanol–water partition coefficient (Wildman–Crippen LogP) is 2.57. The van der Waals surface area contributed by atoms with E-state index in [1.165, 1.54) is 5.01 Å². The maximum Gasteiger partial charge on any atom is 0.309 e. The van der Waals surface area contributed by atoms with Crippen LogP contribution in [0.5, 0.6) is 11.5 Å². The van der Waals surface area contributed by atoms with Gasteiger partial charge >= 0.3 is 5.97 Å². The summed E-state index contributed by atoms with van der Waals surface area (Å²) in [6.45, 7) is 3.93. The van der Waals surface area contributed by atoms with Crippen molar-refractivity contribution in [3.8, 4) is 11.5 Å². The maximum atomic E-state index is 12.7. The quantitative estimate of drug-likeness (QED) is 0.643. The van der Waals surface area contributed by atoms with Gasteiger partial charge in [0, 0.05) is 0 Å². The van der Waals surface area contributed by atoms with E-state index in [4.69, 9.17) is 14.2 Å². The van der Waals surface area contributed by atoms with Gasteiger partial charge in [0.1, 0.15) is 10.5 Å². The smallest absolute Gasteiger partial charge is 0.309 e. The molecule has 2 rings (SSSR count). The van der Waals surface area contributed by atoms with Crippen molar-refractivity contribution < 1.29 is 23.8 Å². The van der Waals surface area contributed by atoms with Crippen LogP contribution in [0.3, 0.4) is 0 Å². The molecule has 7 nitrogen and oxygen atoms in total. The fraction of sp³-hybridized carbons (Fsp3) is 0.471. The molecule has 1 aliphatic heterocycles. The highest BCUT2D eigenvalue weighted by Crippen LogP contribution is 2.31. The number of carbonyl (C=O) groups is 2. The molecule has 0 aromatic heterocycles. The fourth-order valence-electron chi connectivity index (χ4n) is 2.58. The van der Waals surface area contributed by atoms with Crippen LogP contribution in [0.2, 0.25) is 0 Å². The Balaban J connectivity index is 2.15. The summed E-state index contributed by atoms with van der Waals surface area (Å²) >= 11 is 3.30. The average molecular weight is 413 g/mol. The minimum atomic E-state index is -0.667. The average Bonchev–Trinajstić information content (AvgIpc) is 2.87. The summed E-state index contributed by atoms with van der Waals surface area (Å²) in [5.41, 5.74) is 0.833. The van der Waals surface area contributed by atoms with Crippen LogP contribution in [-0.2, 0) is 20.9 Å². The molecule has 0 aliphatic carbocycles. The standard InChI is InChI=1S/C17H21BrN2O5/c1-5-25-17(22)10(2)14-15(18)19-20(16(14)21)9-11-6-7-12(23-3)13(8-11)24-4/h6-8,10,14H,5,9H2,1-4H3. The second kappa shape index (κ2) is 8.33. The van der Waals surface area contributed by atoms with E-state index in [0.717, 1.165) is 5.56 Å². The summed E-state index contributed by atoms with van der Waals surface area (Å²) in [7, 11) is 3.11. The Labute approximate surface area is 155 Å². The molecule has 1 heterocycles. The first-order valence-corrected chi connectivity index (χ1v) is 8.65. The van der Waals surface area contributed by atoms with Crippen LogP contribution < -0.4 is 9.47 Å². The van der Waals surface area contributed by atoms with Crippen LogP contribution in [0.1, 0.15) is 19.4 Å². The monoisotopic (exact) mass is 412 g/mol. The van der Waals surface area contributed by atoms with Crippen LogP contribution in [0.25, 0.3) is 0 Å². The number of methoxy groups -OCH3 is 2. The number of amides is 1. The van der Waals surface area contributed by atoms with Crippen molar-refractivity contribution in [1.29, 1.82) is 0 Å². The molecule has 0 radical (unpaired) electrons. The van der Waals surface area contributed by atoms with Gasteiger partial charge in [0.05, 0.1) is 33.3 Å². The van der Waals surface area contributed by atoms with E-state index in [0.29, 0.717) is 16.1 Å². The molecule has 2 atom stereocenters. The third-order valence-corrected chi connectivity index (χ3v) is 4.58. The van der Waals surface area contributed by atoms with E-state index >= 15 is 0 Å². The van der Waals surface area contributed by atoms with Gasteiger partial charge in [0.25, 0.3) is 5.91 Å². The maximum absolute atomic E-state index is 12.7. The fourth-order valence-corrected chi connectivity index (χ4v) is 3.37. The van der Waals surface area contributed by atoms with Gasteiger partial charge in [-0.2, -0.15) is 5.10 Å². The van der Waals surface area contributed by atoms with Crippen molar-refractivity contribution in [2.45, 2.75) is 20.4 Å². The first kappa shape index (κ1) is 19.2. The zero-order chi connectivity index (χ0) is 18.6. The Morgan fingerprint density at radius 1 is 1.32 bits per heavy atom. The van der Waals surface area contributed by atoms with Gasteiger partial charge in [-0.15, -0.1) is 0 Å². The molecule has 0 bridgehead atoms. The molecule has 0 saturated carbocycles. The van der Waals surface area contributed by atoms with Crippen molar-refractivity contribution >= 4 is 32.4 Å². The molecule has 136 valence electrons. The number of hydrazone groups is 1. The molecular weight excluding hydrogens is 392 g/mol. The summed E-state index contributed by atoms with van der Waals surface area (Å²) in [6.07, 6.45) is 0. The van der Waals surface area contributed by atoms with Gasteiger partial charge in [0.2, 0.25) is 0 Å². The summed E-state index contributed by atoms with van der Waals surface area (Å²) in [5, 5.41) is 5.58. The molecule has 1 aromatic carbocycles. The van der Waals surface area contributed by atoms with Crippen LogP contribution in [0, 0.1) is 11.8 Å². The van der Waals surface area contributed by atoms with Crippen molar-refractivity contribution in [1.82, 2.24) is 5.01 Å². The SMILES string of the molecule is CCOC(=O)C(C)C1C(=O)N(Cc2ccc(OC)c(OC)c2)N=C1Br. The molecule has 0 spiro atoms. The van der Waals surface area contributed by atoms with E-state index in [2.05, 4.69) is 21.0 Å². The van der Waals surface area contributed by atoms with Gasteiger partial charge in [-0.3, -0.25) is 9.59 Å². The van der Waals surface area contributed by atoms with Crippen LogP contribution in [-0.4, -0.2) is 42.3 Å². The minimum Gasteiger partial charge on any atom is -0.493 e. The number of esters is 1. The van der Waals surface area contributed by atoms with E-state index in [1.54, 1.807) is 40.2 Å². The lowest BCUT2D eigenvalue weighted by molar-refractivity contribution is -0.151. The zero-order valence-corrected chi connectivity index (χ0v) is 16.2. The van der Waals surface area contributed by atoms with Gasteiger partial charge in [-0.25, -0.2) is 5.01 Å². The number of halogens is 1. The Morgan fingerprint density at radius 2 is 2.00 bits per heavy atom. The Bertz CT molecular complexity index is 692. The van der Waals surface area contributed by atoms with E-state index in [1.807, 2.05) is 6.07 Å². The van der Waals surface area contributed by atoms with E-state index in [9.17, 15) is 9.59 Å². The number of carbonyl (C=O) groups excluding carboxylic acids is 2. The lowest BCUT2D eigenvalue weighted by Crippen LogP contribution is -2.34. The second-order valence-electron chi connectivity index (χ2n) is 5.53. The summed E-state index contributed by atoms with van der Waals surface area (Å²) in [5.74, 6) is -0.757. The number of hydrogen-bond acceptors (Lipinski definition) is 6. The molecule has 25 heavy (non-hydrogen) atoms.